The van der Waals surface area contributed by atoms with Gasteiger partial charge in [-0.3, -0.25) is 9.07 Å². The Morgan fingerprint density at radius 2 is 2.06 bits per heavy atom. The lowest BCUT2D eigenvalue weighted by molar-refractivity contribution is 0.459. The minimum absolute atomic E-state index is 0.249. The number of hydrogen-bond donors (Lipinski definition) is 1. The van der Waals surface area contributed by atoms with Gasteiger partial charge in [-0.1, -0.05) is 13.8 Å². The summed E-state index contributed by atoms with van der Waals surface area (Å²) in [6.07, 6.45) is 2.53. The zero-order valence-corrected chi connectivity index (χ0v) is 10.5. The molecule has 1 heterocycles. The largest absolute Gasteiger partial charge is 0.312 e. The van der Waals surface area contributed by atoms with E-state index in [4.69, 9.17) is 0 Å². The second-order valence-corrected chi connectivity index (χ2v) is 3.92. The topological polar surface area (TPSA) is 29.9 Å². The van der Waals surface area contributed by atoms with Crippen LogP contribution in [0.2, 0.25) is 0 Å². The van der Waals surface area contributed by atoms with Gasteiger partial charge in [0.2, 0.25) is 0 Å². The summed E-state index contributed by atoms with van der Waals surface area (Å²) < 4.78 is 13.9. The number of hydrogen-bond acceptors (Lipinski definition) is 2. The maximum absolute atomic E-state index is 12.0. The molecule has 0 amide bonds. The molecule has 1 aromatic rings. The van der Waals surface area contributed by atoms with Crippen molar-refractivity contribution in [3.63, 3.8) is 0 Å². The third-order valence-electron chi connectivity index (χ3n) is 2.82. The van der Waals surface area contributed by atoms with E-state index >= 15 is 0 Å². The van der Waals surface area contributed by atoms with E-state index in [1.54, 1.807) is 0 Å². The third-order valence-corrected chi connectivity index (χ3v) is 2.82. The van der Waals surface area contributed by atoms with E-state index in [-0.39, 0.29) is 6.67 Å². The first-order chi connectivity index (χ1) is 7.74. The van der Waals surface area contributed by atoms with Gasteiger partial charge in [0, 0.05) is 24.8 Å². The highest BCUT2D eigenvalue weighted by Crippen LogP contribution is 2.14. The van der Waals surface area contributed by atoms with E-state index in [9.17, 15) is 4.39 Å². The molecule has 0 bridgehead atoms. The maximum atomic E-state index is 12.0. The van der Waals surface area contributed by atoms with Gasteiger partial charge in [0.1, 0.15) is 0 Å². The van der Waals surface area contributed by atoms with Crippen molar-refractivity contribution < 1.29 is 4.39 Å². The molecule has 0 aliphatic carbocycles. The van der Waals surface area contributed by atoms with Crippen molar-refractivity contribution in [2.24, 2.45) is 7.05 Å². The van der Waals surface area contributed by atoms with Crippen molar-refractivity contribution in [3.8, 4) is 0 Å². The van der Waals surface area contributed by atoms with Gasteiger partial charge in [-0.15, -0.1) is 0 Å². The van der Waals surface area contributed by atoms with Crippen molar-refractivity contribution >= 4 is 0 Å². The summed E-state index contributed by atoms with van der Waals surface area (Å²) in [5, 5.41) is 7.77. The van der Waals surface area contributed by atoms with E-state index in [1.165, 1.54) is 11.3 Å². The van der Waals surface area contributed by atoms with Crippen LogP contribution in [0.4, 0.5) is 4.39 Å². The molecule has 0 atom stereocenters. The van der Waals surface area contributed by atoms with Crippen molar-refractivity contribution in [1.82, 2.24) is 15.1 Å². The summed E-state index contributed by atoms with van der Waals surface area (Å²) in [5.74, 6) is 0. The predicted molar refractivity (Wildman–Crippen MR) is 64.3 cm³/mol. The monoisotopic (exact) mass is 227 g/mol. The quantitative estimate of drug-likeness (QED) is 0.722. The van der Waals surface area contributed by atoms with Gasteiger partial charge in [0.05, 0.1) is 12.4 Å². The standard InChI is InChI=1S/C12H22FN3/c1-4-11-10(9-14-8-6-7-13)12(5-2)16(3)15-11/h14H,4-9H2,1-3H3. The fraction of sp³-hybridized carbons (Fsp3) is 0.750. The van der Waals surface area contributed by atoms with E-state index in [0.717, 1.165) is 31.6 Å². The Labute approximate surface area is 97.0 Å². The van der Waals surface area contributed by atoms with Crippen LogP contribution >= 0.6 is 0 Å². The molecule has 0 unspecified atom stereocenters. The molecule has 0 radical (unpaired) electrons. The molecule has 0 aliphatic heterocycles. The Bertz CT molecular complexity index is 320. The molecule has 4 heteroatoms. The van der Waals surface area contributed by atoms with Crippen LogP contribution in [0.1, 0.15) is 37.2 Å². The first kappa shape index (κ1) is 13.2. The molecule has 0 spiro atoms. The Kier molecular flexibility index (Phi) is 5.46. The number of aromatic nitrogens is 2. The first-order valence-electron chi connectivity index (χ1n) is 6.04. The molecule has 0 saturated carbocycles. The van der Waals surface area contributed by atoms with Gasteiger partial charge in [-0.05, 0) is 25.8 Å². The smallest absolute Gasteiger partial charge is 0.0906 e. The average molecular weight is 227 g/mol. The molecule has 1 rings (SSSR count). The Morgan fingerprint density at radius 1 is 1.31 bits per heavy atom. The number of nitrogens with one attached hydrogen (secondary N) is 1. The molecule has 1 aromatic heterocycles. The van der Waals surface area contributed by atoms with Crippen LogP contribution in [0, 0.1) is 0 Å². The molecule has 0 aromatic carbocycles. The van der Waals surface area contributed by atoms with E-state index in [1.807, 2.05) is 11.7 Å². The maximum Gasteiger partial charge on any atom is 0.0906 e. The molecular weight excluding hydrogens is 205 g/mol. The van der Waals surface area contributed by atoms with Crippen molar-refractivity contribution in [3.05, 3.63) is 17.0 Å². The summed E-state index contributed by atoms with van der Waals surface area (Å²) in [7, 11) is 1.99. The highest BCUT2D eigenvalue weighted by molar-refractivity contribution is 5.26. The molecular formula is C12H22FN3. The second kappa shape index (κ2) is 6.63. The SMILES string of the molecule is CCc1nn(C)c(CC)c1CNCCCF. The van der Waals surface area contributed by atoms with Crippen molar-refractivity contribution in [1.29, 1.82) is 0 Å². The van der Waals surface area contributed by atoms with Crippen LogP contribution in [0.15, 0.2) is 0 Å². The second-order valence-electron chi connectivity index (χ2n) is 3.92. The lowest BCUT2D eigenvalue weighted by Gasteiger charge is -2.06. The zero-order chi connectivity index (χ0) is 12.0. The highest BCUT2D eigenvalue weighted by Gasteiger charge is 2.12. The Balaban J connectivity index is 2.68. The van der Waals surface area contributed by atoms with Gasteiger partial charge in [-0.25, -0.2) is 0 Å². The number of nitrogens with zero attached hydrogens (tertiary/aromatic N) is 2. The van der Waals surface area contributed by atoms with Crippen LogP contribution in [0.5, 0.6) is 0 Å². The van der Waals surface area contributed by atoms with Crippen LogP contribution < -0.4 is 5.32 Å². The van der Waals surface area contributed by atoms with Gasteiger partial charge >= 0.3 is 0 Å². The lowest BCUT2D eigenvalue weighted by atomic mass is 10.1. The molecule has 1 N–H and O–H groups in total. The fourth-order valence-electron chi connectivity index (χ4n) is 2.00. The fourth-order valence-corrected chi connectivity index (χ4v) is 2.00. The predicted octanol–water partition coefficient (Wildman–Crippen LogP) is 1.99. The van der Waals surface area contributed by atoms with Gasteiger partial charge in [0.25, 0.3) is 0 Å². The Morgan fingerprint density at radius 3 is 2.62 bits per heavy atom. The van der Waals surface area contributed by atoms with Crippen LogP contribution in [-0.4, -0.2) is 23.0 Å². The number of halogens is 1. The normalized spacial score (nSPS) is 11.0. The summed E-state index contributed by atoms with van der Waals surface area (Å²) in [4.78, 5) is 0. The zero-order valence-electron chi connectivity index (χ0n) is 10.5. The molecule has 0 saturated heterocycles. The molecule has 16 heavy (non-hydrogen) atoms. The van der Waals surface area contributed by atoms with Crippen molar-refractivity contribution in [2.45, 2.75) is 39.7 Å². The lowest BCUT2D eigenvalue weighted by Crippen LogP contribution is -2.17. The molecule has 0 aliphatic rings. The van der Waals surface area contributed by atoms with E-state index in [0.29, 0.717) is 6.42 Å². The first-order valence-corrected chi connectivity index (χ1v) is 6.04. The molecule has 92 valence electrons. The summed E-state index contributed by atoms with van der Waals surface area (Å²) in [6.45, 7) is 5.55. The summed E-state index contributed by atoms with van der Waals surface area (Å²) >= 11 is 0. The summed E-state index contributed by atoms with van der Waals surface area (Å²) in [6, 6.07) is 0. The van der Waals surface area contributed by atoms with E-state index < -0.39 is 0 Å². The number of aryl methyl sites for hydroxylation is 2. The van der Waals surface area contributed by atoms with Gasteiger partial charge < -0.3 is 5.32 Å². The minimum Gasteiger partial charge on any atom is -0.312 e. The number of rotatable bonds is 7. The molecule has 3 nitrogen and oxygen atoms in total. The third kappa shape index (κ3) is 3.04. The summed E-state index contributed by atoms with van der Waals surface area (Å²) in [5.41, 5.74) is 3.74. The minimum atomic E-state index is -0.249. The average Bonchev–Trinajstić information content (AvgIpc) is 2.60. The molecule has 0 fully saturated rings. The number of alkyl halides is 1. The van der Waals surface area contributed by atoms with Crippen LogP contribution in [-0.2, 0) is 26.4 Å². The van der Waals surface area contributed by atoms with E-state index in [2.05, 4.69) is 24.3 Å². The Hall–Kier alpha value is -0.900. The van der Waals surface area contributed by atoms with Crippen molar-refractivity contribution in [2.75, 3.05) is 13.2 Å². The van der Waals surface area contributed by atoms with Gasteiger partial charge in [-0.2, -0.15) is 5.10 Å². The van der Waals surface area contributed by atoms with Crippen LogP contribution in [0.25, 0.3) is 0 Å². The highest BCUT2D eigenvalue weighted by atomic mass is 19.1. The van der Waals surface area contributed by atoms with Gasteiger partial charge in [0.15, 0.2) is 0 Å². The van der Waals surface area contributed by atoms with Crippen LogP contribution in [0.3, 0.4) is 0 Å².